The highest BCUT2D eigenvalue weighted by molar-refractivity contribution is 5.92. The molecule has 4 rings (SSSR count). The molecular formula is C34H46N4O4. The number of likely N-dealkylation sites (tertiary alicyclic amines) is 1. The van der Waals surface area contributed by atoms with E-state index in [0.29, 0.717) is 45.6 Å². The maximum Gasteiger partial charge on any atom is 0.318 e. The Morgan fingerprint density at radius 1 is 0.786 bits per heavy atom. The van der Waals surface area contributed by atoms with Gasteiger partial charge in [0.05, 0.1) is 0 Å². The van der Waals surface area contributed by atoms with Crippen LogP contribution in [0.5, 0.6) is 5.75 Å². The molecule has 0 aromatic heterocycles. The van der Waals surface area contributed by atoms with Crippen molar-refractivity contribution in [2.24, 2.45) is 5.92 Å². The molecule has 2 aromatic carbocycles. The van der Waals surface area contributed by atoms with E-state index in [1.165, 1.54) is 0 Å². The number of rotatable bonds is 11. The number of nitrogens with one attached hydrogen (secondary N) is 2. The van der Waals surface area contributed by atoms with E-state index in [0.717, 1.165) is 49.0 Å². The predicted molar refractivity (Wildman–Crippen MR) is 165 cm³/mol. The van der Waals surface area contributed by atoms with E-state index in [1.54, 1.807) is 4.90 Å². The van der Waals surface area contributed by atoms with Crippen LogP contribution in [0.2, 0.25) is 0 Å². The summed E-state index contributed by atoms with van der Waals surface area (Å²) in [5.74, 6) is 0.499. The first-order valence-corrected chi connectivity index (χ1v) is 15.4. The molecule has 8 heteroatoms. The number of carbonyl (C=O) groups is 3. The van der Waals surface area contributed by atoms with Crippen LogP contribution < -0.4 is 15.4 Å². The minimum atomic E-state index is -0.746. The van der Waals surface area contributed by atoms with Crippen molar-refractivity contribution in [2.75, 3.05) is 26.2 Å². The second kappa shape index (κ2) is 16.0. The molecule has 2 aliphatic heterocycles. The molecule has 0 saturated carbocycles. The van der Waals surface area contributed by atoms with Crippen molar-refractivity contribution in [1.82, 2.24) is 20.4 Å². The van der Waals surface area contributed by atoms with Crippen LogP contribution in [0.4, 0.5) is 4.79 Å². The number of nitrogens with zero attached hydrogens (tertiary/aromatic N) is 2. The average Bonchev–Trinajstić information content (AvgIpc) is 3.30. The van der Waals surface area contributed by atoms with Gasteiger partial charge in [0.25, 0.3) is 0 Å². The minimum Gasteiger partial charge on any atom is -0.489 e. The molecular weight excluding hydrogens is 528 g/mol. The summed E-state index contributed by atoms with van der Waals surface area (Å²) in [6.45, 7) is 7.09. The van der Waals surface area contributed by atoms with Crippen molar-refractivity contribution in [3.8, 4) is 5.75 Å². The minimum absolute atomic E-state index is 0.112. The Hall–Kier alpha value is -3.81. The summed E-state index contributed by atoms with van der Waals surface area (Å²) in [5.41, 5.74) is 2.01. The number of amides is 4. The number of hydrogen-bond donors (Lipinski definition) is 2. The molecule has 1 fully saturated rings. The molecule has 0 bridgehead atoms. The zero-order chi connectivity index (χ0) is 29.7. The van der Waals surface area contributed by atoms with Gasteiger partial charge >= 0.3 is 6.03 Å². The topological polar surface area (TPSA) is 91.0 Å². The number of urea groups is 1. The Bertz CT molecular complexity index is 1170. The van der Waals surface area contributed by atoms with E-state index in [1.807, 2.05) is 79.4 Å². The second-order valence-corrected chi connectivity index (χ2v) is 11.8. The lowest BCUT2D eigenvalue weighted by molar-refractivity contribution is -0.136. The molecule has 42 heavy (non-hydrogen) atoms. The Balaban J connectivity index is 1.44. The lowest BCUT2D eigenvalue weighted by atomic mass is 10.0. The summed E-state index contributed by atoms with van der Waals surface area (Å²) in [6.07, 6.45) is 9.89. The van der Waals surface area contributed by atoms with Gasteiger partial charge in [0.15, 0.2) is 0 Å². The third kappa shape index (κ3) is 9.64. The maximum atomic E-state index is 13.7. The van der Waals surface area contributed by atoms with Crippen LogP contribution in [0, 0.1) is 5.92 Å². The third-order valence-corrected chi connectivity index (χ3v) is 7.81. The number of ether oxygens (including phenoxy) is 1. The summed E-state index contributed by atoms with van der Waals surface area (Å²) in [4.78, 5) is 44.1. The van der Waals surface area contributed by atoms with E-state index in [4.69, 9.17) is 4.74 Å². The monoisotopic (exact) mass is 574 g/mol. The van der Waals surface area contributed by atoms with E-state index in [2.05, 4.69) is 16.7 Å². The van der Waals surface area contributed by atoms with Crippen LogP contribution in [0.1, 0.15) is 63.5 Å². The molecule has 0 aliphatic carbocycles. The van der Waals surface area contributed by atoms with Gasteiger partial charge in [-0.25, -0.2) is 4.79 Å². The van der Waals surface area contributed by atoms with Crippen molar-refractivity contribution >= 4 is 17.8 Å². The first-order chi connectivity index (χ1) is 20.4. The zero-order valence-electron chi connectivity index (χ0n) is 25.1. The highest BCUT2D eigenvalue weighted by Crippen LogP contribution is 2.17. The Kier molecular flexibility index (Phi) is 11.9. The normalized spacial score (nSPS) is 16.8. The summed E-state index contributed by atoms with van der Waals surface area (Å²) in [5, 5.41) is 6.02. The van der Waals surface area contributed by atoms with Gasteiger partial charge in [-0.05, 0) is 54.9 Å². The fourth-order valence-electron chi connectivity index (χ4n) is 5.45. The summed E-state index contributed by atoms with van der Waals surface area (Å²) >= 11 is 0. The van der Waals surface area contributed by atoms with Gasteiger partial charge in [0.2, 0.25) is 11.8 Å². The average molecular weight is 575 g/mol. The van der Waals surface area contributed by atoms with Crippen LogP contribution in [0.15, 0.2) is 66.7 Å². The molecule has 4 amide bonds. The quantitative estimate of drug-likeness (QED) is 0.366. The number of hydrogen-bond acceptors (Lipinski definition) is 4. The highest BCUT2D eigenvalue weighted by atomic mass is 16.5. The van der Waals surface area contributed by atoms with Crippen LogP contribution in [-0.2, 0) is 22.6 Å². The molecule has 0 radical (unpaired) electrons. The van der Waals surface area contributed by atoms with Crippen molar-refractivity contribution in [1.29, 1.82) is 0 Å². The Morgan fingerprint density at radius 2 is 1.50 bits per heavy atom. The molecule has 226 valence electrons. The molecule has 2 atom stereocenters. The van der Waals surface area contributed by atoms with Crippen LogP contribution in [-0.4, -0.2) is 65.9 Å². The van der Waals surface area contributed by atoms with Gasteiger partial charge < -0.3 is 25.2 Å². The number of carbonyl (C=O) groups excluding carboxylic acids is 3. The molecule has 2 aromatic rings. The van der Waals surface area contributed by atoms with Crippen molar-refractivity contribution in [3.05, 3.63) is 77.9 Å². The van der Waals surface area contributed by atoms with E-state index in [-0.39, 0.29) is 23.8 Å². The predicted octanol–water partition coefficient (Wildman–Crippen LogP) is 5.08. The third-order valence-electron chi connectivity index (χ3n) is 7.81. The highest BCUT2D eigenvalue weighted by Gasteiger charge is 2.31. The fourth-order valence-corrected chi connectivity index (χ4v) is 5.45. The fraction of sp³-hybridized carbons (Fsp3) is 0.500. The molecule has 0 spiro atoms. The van der Waals surface area contributed by atoms with Gasteiger partial charge in [-0.1, -0.05) is 81.3 Å². The lowest BCUT2D eigenvalue weighted by Gasteiger charge is -2.31. The maximum absolute atomic E-state index is 13.7. The van der Waals surface area contributed by atoms with Crippen LogP contribution >= 0.6 is 0 Å². The van der Waals surface area contributed by atoms with E-state index < -0.39 is 12.1 Å². The Morgan fingerprint density at radius 3 is 2.14 bits per heavy atom. The first kappa shape index (κ1) is 31.1. The zero-order valence-corrected chi connectivity index (χ0v) is 25.1. The van der Waals surface area contributed by atoms with Gasteiger partial charge in [-0.2, -0.15) is 0 Å². The van der Waals surface area contributed by atoms with E-state index in [9.17, 15) is 14.4 Å². The van der Waals surface area contributed by atoms with Crippen molar-refractivity contribution in [2.45, 2.75) is 77.5 Å². The standard InChI is InChI=1S/C34H46N4O4/c1-26(2)23-30(36-34(41)38-21-9-3-4-10-22-38)32(39)35-31(33(40)37-19-11-6-12-20-37)24-27-15-17-29(18-16-27)42-25-28-13-7-5-8-14-28/h5-8,11,13-18,26,30-31H,3-4,9-10,12,19-25H2,1-2H3,(H,35,39)(H,36,41)/t30-,31-/m0/s1. The van der Waals surface area contributed by atoms with Crippen LogP contribution in [0.25, 0.3) is 0 Å². The van der Waals surface area contributed by atoms with Crippen molar-refractivity contribution in [3.63, 3.8) is 0 Å². The molecule has 2 heterocycles. The van der Waals surface area contributed by atoms with Gasteiger partial charge in [0, 0.05) is 32.6 Å². The summed E-state index contributed by atoms with van der Waals surface area (Å²) < 4.78 is 5.93. The van der Waals surface area contributed by atoms with E-state index >= 15 is 0 Å². The second-order valence-electron chi connectivity index (χ2n) is 11.8. The van der Waals surface area contributed by atoms with Gasteiger partial charge in [-0.3, -0.25) is 9.59 Å². The smallest absolute Gasteiger partial charge is 0.318 e. The first-order valence-electron chi connectivity index (χ1n) is 15.4. The van der Waals surface area contributed by atoms with Gasteiger partial charge in [0.1, 0.15) is 24.4 Å². The molecule has 8 nitrogen and oxygen atoms in total. The molecule has 2 N–H and O–H groups in total. The van der Waals surface area contributed by atoms with Gasteiger partial charge in [-0.15, -0.1) is 0 Å². The van der Waals surface area contributed by atoms with Crippen molar-refractivity contribution < 1.29 is 19.1 Å². The lowest BCUT2D eigenvalue weighted by Crippen LogP contribution is -2.57. The Labute approximate surface area is 250 Å². The number of benzene rings is 2. The molecule has 1 saturated heterocycles. The summed E-state index contributed by atoms with van der Waals surface area (Å²) in [7, 11) is 0. The van der Waals surface area contributed by atoms with Crippen LogP contribution in [0.3, 0.4) is 0 Å². The molecule has 2 aliphatic rings. The SMILES string of the molecule is CC(C)C[C@H](NC(=O)N1CCCCCC1)C(=O)N[C@@H](Cc1ccc(OCc2ccccc2)cc1)C(=O)N1CC=CCC1. The largest absolute Gasteiger partial charge is 0.489 e. The molecule has 0 unspecified atom stereocenters. The summed E-state index contributed by atoms with van der Waals surface area (Å²) in [6, 6.07) is 16.0.